The van der Waals surface area contributed by atoms with Gasteiger partial charge < -0.3 is 9.72 Å². The largest absolute Gasteiger partial charge is 0.493 e. The first-order valence-electron chi connectivity index (χ1n) is 9.48. The van der Waals surface area contributed by atoms with Crippen molar-refractivity contribution in [2.75, 3.05) is 13.2 Å². The molecule has 1 N–H and O–H groups in total. The van der Waals surface area contributed by atoms with E-state index >= 15 is 0 Å². The molecule has 1 aliphatic heterocycles. The summed E-state index contributed by atoms with van der Waals surface area (Å²) in [6.07, 6.45) is 3.74. The number of nitrogens with zero attached hydrogens (tertiary/aromatic N) is 1. The van der Waals surface area contributed by atoms with Crippen LogP contribution in [-0.4, -0.2) is 29.1 Å². The van der Waals surface area contributed by atoms with E-state index in [0.29, 0.717) is 18.6 Å². The molecule has 0 radical (unpaired) electrons. The minimum atomic E-state index is 0.138. The molecule has 1 atom stereocenters. The van der Waals surface area contributed by atoms with Crippen molar-refractivity contribution >= 4 is 10.9 Å². The Hall–Kier alpha value is -1.81. The summed E-state index contributed by atoms with van der Waals surface area (Å²) in [6, 6.07) is 6.32. The van der Waals surface area contributed by atoms with E-state index in [2.05, 4.69) is 30.7 Å². The van der Waals surface area contributed by atoms with Crippen LogP contribution in [0.25, 0.3) is 10.9 Å². The van der Waals surface area contributed by atoms with E-state index in [1.54, 1.807) is 0 Å². The van der Waals surface area contributed by atoms with E-state index in [1.807, 2.05) is 25.1 Å². The second-order valence-electron chi connectivity index (χ2n) is 7.79. The van der Waals surface area contributed by atoms with Gasteiger partial charge in [-0.15, -0.1) is 0 Å². The number of nitrogens with one attached hydrogen (secondary N) is 1. The summed E-state index contributed by atoms with van der Waals surface area (Å²) in [5.74, 6) is 1.23. The first-order chi connectivity index (χ1) is 12.0. The first-order valence-corrected chi connectivity index (χ1v) is 9.48. The molecule has 4 nitrogen and oxygen atoms in total. The van der Waals surface area contributed by atoms with Crippen LogP contribution in [-0.2, 0) is 6.54 Å². The minimum Gasteiger partial charge on any atom is -0.493 e. The third-order valence-corrected chi connectivity index (χ3v) is 5.17. The maximum absolute atomic E-state index is 13.1. The van der Waals surface area contributed by atoms with Crippen LogP contribution in [0.15, 0.2) is 23.0 Å². The number of benzene rings is 1. The molecule has 1 aromatic heterocycles. The zero-order chi connectivity index (χ0) is 18.0. The smallest absolute Gasteiger partial charge is 0.194 e. The van der Waals surface area contributed by atoms with Crippen molar-refractivity contribution in [3.05, 3.63) is 39.7 Å². The molecule has 0 saturated carbocycles. The minimum absolute atomic E-state index is 0.138. The molecular weight excluding hydrogens is 312 g/mol. The molecule has 1 aliphatic rings. The van der Waals surface area contributed by atoms with E-state index < -0.39 is 0 Å². The molecule has 0 aliphatic carbocycles. The van der Waals surface area contributed by atoms with Crippen molar-refractivity contribution in [2.24, 2.45) is 5.92 Å². The molecule has 2 aromatic rings. The van der Waals surface area contributed by atoms with E-state index in [0.717, 1.165) is 41.0 Å². The number of aromatic nitrogens is 1. The number of aromatic amines is 1. The lowest BCUT2D eigenvalue weighted by molar-refractivity contribution is 0.152. The Labute approximate surface area is 150 Å². The van der Waals surface area contributed by atoms with Gasteiger partial charge in [-0.05, 0) is 57.4 Å². The van der Waals surface area contributed by atoms with Crippen molar-refractivity contribution in [2.45, 2.75) is 59.5 Å². The molecule has 1 saturated heterocycles. The van der Waals surface area contributed by atoms with Gasteiger partial charge in [0.1, 0.15) is 5.75 Å². The van der Waals surface area contributed by atoms with Gasteiger partial charge in [-0.3, -0.25) is 9.69 Å². The van der Waals surface area contributed by atoms with Gasteiger partial charge in [0.05, 0.1) is 6.61 Å². The van der Waals surface area contributed by atoms with Gasteiger partial charge >= 0.3 is 0 Å². The monoisotopic (exact) mass is 342 g/mol. The highest BCUT2D eigenvalue weighted by atomic mass is 16.5. The zero-order valence-electron chi connectivity index (χ0n) is 15.9. The second-order valence-corrected chi connectivity index (χ2v) is 7.79. The molecule has 0 bridgehead atoms. The molecule has 4 heteroatoms. The van der Waals surface area contributed by atoms with Crippen LogP contribution in [0.5, 0.6) is 5.75 Å². The standard InChI is InChI=1S/C21H30N2O2/c1-14(2)13-25-17-8-9-20-18(11-17)21(24)19(16(4)22-20)12-23-10-6-5-7-15(23)3/h8-9,11,14-15H,5-7,10,12-13H2,1-4H3,(H,22,24). The van der Waals surface area contributed by atoms with Crippen LogP contribution < -0.4 is 10.2 Å². The SMILES string of the molecule is Cc1[nH]c2ccc(OCC(C)C)cc2c(=O)c1CN1CCCCC1C. The average molecular weight is 342 g/mol. The lowest BCUT2D eigenvalue weighted by atomic mass is 10.0. The Morgan fingerprint density at radius 2 is 2.12 bits per heavy atom. The van der Waals surface area contributed by atoms with Gasteiger partial charge in [-0.2, -0.15) is 0 Å². The van der Waals surface area contributed by atoms with Crippen LogP contribution in [0.4, 0.5) is 0 Å². The Morgan fingerprint density at radius 1 is 1.32 bits per heavy atom. The number of aryl methyl sites for hydroxylation is 1. The van der Waals surface area contributed by atoms with E-state index in [4.69, 9.17) is 4.74 Å². The zero-order valence-corrected chi connectivity index (χ0v) is 15.9. The number of fused-ring (bicyclic) bond motifs is 1. The molecule has 1 fully saturated rings. The highest BCUT2D eigenvalue weighted by molar-refractivity contribution is 5.81. The predicted molar refractivity (Wildman–Crippen MR) is 103 cm³/mol. The fourth-order valence-corrected chi connectivity index (χ4v) is 3.57. The quantitative estimate of drug-likeness (QED) is 0.884. The number of hydrogen-bond acceptors (Lipinski definition) is 3. The highest BCUT2D eigenvalue weighted by Crippen LogP contribution is 2.22. The van der Waals surface area contributed by atoms with Gasteiger partial charge in [-0.25, -0.2) is 0 Å². The van der Waals surface area contributed by atoms with Crippen LogP contribution in [0.2, 0.25) is 0 Å². The van der Waals surface area contributed by atoms with E-state index in [1.165, 1.54) is 19.3 Å². The number of piperidine rings is 1. The van der Waals surface area contributed by atoms with Crippen molar-refractivity contribution in [3.8, 4) is 5.75 Å². The molecule has 25 heavy (non-hydrogen) atoms. The Balaban J connectivity index is 1.93. The average Bonchev–Trinajstić information content (AvgIpc) is 2.58. The molecule has 3 rings (SSSR count). The van der Waals surface area contributed by atoms with Crippen LogP contribution >= 0.6 is 0 Å². The van der Waals surface area contributed by atoms with Gasteiger partial charge in [0.15, 0.2) is 5.43 Å². The maximum atomic E-state index is 13.1. The maximum Gasteiger partial charge on any atom is 0.194 e. The van der Waals surface area contributed by atoms with E-state index in [-0.39, 0.29) is 5.43 Å². The van der Waals surface area contributed by atoms with Gasteiger partial charge in [0, 0.05) is 34.7 Å². The van der Waals surface area contributed by atoms with Crippen molar-refractivity contribution in [3.63, 3.8) is 0 Å². The normalized spacial score (nSPS) is 18.8. The summed E-state index contributed by atoms with van der Waals surface area (Å²) >= 11 is 0. The highest BCUT2D eigenvalue weighted by Gasteiger charge is 2.21. The van der Waals surface area contributed by atoms with E-state index in [9.17, 15) is 4.79 Å². The Bertz CT molecular complexity index is 794. The first kappa shape index (κ1) is 18.0. The van der Waals surface area contributed by atoms with Gasteiger partial charge in [0.2, 0.25) is 0 Å². The van der Waals surface area contributed by atoms with Crippen LogP contribution in [0.1, 0.15) is 51.3 Å². The topological polar surface area (TPSA) is 45.3 Å². The summed E-state index contributed by atoms with van der Waals surface area (Å²) in [5.41, 5.74) is 2.89. The molecule has 1 aromatic carbocycles. The predicted octanol–water partition coefficient (Wildman–Crippen LogP) is 4.25. The summed E-state index contributed by atoms with van der Waals surface area (Å²) in [5, 5.41) is 0.728. The third kappa shape index (κ3) is 4.06. The summed E-state index contributed by atoms with van der Waals surface area (Å²) < 4.78 is 5.80. The second kappa shape index (κ2) is 7.61. The molecular formula is C21H30N2O2. The van der Waals surface area contributed by atoms with Crippen molar-refractivity contribution < 1.29 is 4.74 Å². The third-order valence-electron chi connectivity index (χ3n) is 5.17. The lowest BCUT2D eigenvalue weighted by Gasteiger charge is -2.33. The van der Waals surface area contributed by atoms with Crippen molar-refractivity contribution in [1.29, 1.82) is 0 Å². The molecule has 0 spiro atoms. The number of rotatable bonds is 5. The molecule has 136 valence electrons. The fourth-order valence-electron chi connectivity index (χ4n) is 3.57. The summed E-state index contributed by atoms with van der Waals surface area (Å²) in [7, 11) is 0. The number of ether oxygens (including phenoxy) is 1. The number of pyridine rings is 1. The lowest BCUT2D eigenvalue weighted by Crippen LogP contribution is -2.38. The fraction of sp³-hybridized carbons (Fsp3) is 0.571. The van der Waals surface area contributed by atoms with Crippen LogP contribution in [0, 0.1) is 12.8 Å². The summed E-state index contributed by atoms with van der Waals surface area (Å²) in [4.78, 5) is 19.0. The van der Waals surface area contributed by atoms with Gasteiger partial charge in [0.25, 0.3) is 0 Å². The number of H-pyrrole nitrogens is 1. The Morgan fingerprint density at radius 3 is 2.84 bits per heavy atom. The number of hydrogen-bond donors (Lipinski definition) is 1. The Kier molecular flexibility index (Phi) is 5.48. The summed E-state index contributed by atoms with van der Waals surface area (Å²) in [6.45, 7) is 11.0. The molecule has 1 unspecified atom stereocenters. The molecule has 2 heterocycles. The number of likely N-dealkylation sites (tertiary alicyclic amines) is 1. The van der Waals surface area contributed by atoms with Crippen LogP contribution in [0.3, 0.4) is 0 Å². The molecule has 0 amide bonds. The van der Waals surface area contributed by atoms with Crippen molar-refractivity contribution in [1.82, 2.24) is 9.88 Å². The van der Waals surface area contributed by atoms with Gasteiger partial charge in [-0.1, -0.05) is 20.3 Å².